The van der Waals surface area contributed by atoms with Crippen LogP contribution in [0.1, 0.15) is 27.9 Å². The summed E-state index contributed by atoms with van der Waals surface area (Å²) in [6.45, 7) is -0.0221. The molecule has 2 aromatic rings. The Hall–Kier alpha value is -3.80. The van der Waals surface area contributed by atoms with Crippen LogP contribution in [0.3, 0.4) is 0 Å². The van der Waals surface area contributed by atoms with Crippen molar-refractivity contribution in [2.75, 3.05) is 21.2 Å². The summed E-state index contributed by atoms with van der Waals surface area (Å²) in [6, 6.07) is 5.83. The Kier molecular flexibility index (Phi) is 6.48. The van der Waals surface area contributed by atoms with Gasteiger partial charge in [-0.15, -0.1) is 0 Å². The summed E-state index contributed by atoms with van der Waals surface area (Å²) in [7, 11) is 4.52. The maximum absolute atomic E-state index is 14.0. The summed E-state index contributed by atoms with van der Waals surface area (Å²) in [4.78, 5) is 72.6. The smallest absolute Gasteiger partial charge is 0.235 e. The number of phenols is 1. The van der Waals surface area contributed by atoms with Crippen molar-refractivity contribution in [2.24, 2.45) is 29.4 Å². The number of ether oxygens (including phenoxy) is 1. The molecule has 11 heteroatoms. The minimum Gasteiger partial charge on any atom is -0.507 e. The predicted octanol–water partition coefficient (Wildman–Crippen LogP) is 0.0754. The molecule has 3 aliphatic rings. The third-order valence-corrected chi connectivity index (χ3v) is 8.38. The van der Waals surface area contributed by atoms with Gasteiger partial charge in [0.25, 0.3) is 0 Å². The number of pyridine rings is 1. The molecule has 2 saturated carbocycles. The fourth-order valence-electron chi connectivity index (χ4n) is 6.74. The molecule has 0 saturated heterocycles. The van der Waals surface area contributed by atoms with Gasteiger partial charge in [0.2, 0.25) is 5.91 Å². The van der Waals surface area contributed by atoms with Crippen LogP contribution in [0.2, 0.25) is 0 Å². The van der Waals surface area contributed by atoms with Crippen LogP contribution in [-0.2, 0) is 36.9 Å². The molecule has 1 heterocycles. The number of carbonyl (C=O) groups excluding carboxylic acids is 5. The summed E-state index contributed by atoms with van der Waals surface area (Å²) in [6.07, 6.45) is 1.73. The Bertz CT molecular complexity index is 1420. The van der Waals surface area contributed by atoms with Gasteiger partial charge in [0.15, 0.2) is 34.7 Å². The second kappa shape index (κ2) is 9.44. The zero-order valence-corrected chi connectivity index (χ0v) is 21.7. The van der Waals surface area contributed by atoms with E-state index in [4.69, 9.17) is 10.5 Å². The third kappa shape index (κ3) is 3.75. The highest BCUT2D eigenvalue weighted by atomic mass is 16.5. The third-order valence-electron chi connectivity index (χ3n) is 8.38. The molecule has 1 aromatic heterocycles. The van der Waals surface area contributed by atoms with E-state index in [1.807, 2.05) is 0 Å². The predicted molar refractivity (Wildman–Crippen MR) is 135 cm³/mol. The lowest BCUT2D eigenvalue weighted by atomic mass is 9.52. The number of phenolic OH excluding ortho intramolecular Hbond substituents is 1. The number of hydrogen-bond acceptors (Lipinski definition) is 10. The number of hydrogen-bond donors (Lipinski definition) is 3. The first kappa shape index (κ1) is 26.8. The minimum atomic E-state index is -2.76. The van der Waals surface area contributed by atoms with Crippen LogP contribution in [0.4, 0.5) is 0 Å². The molecule has 0 radical (unpaired) electrons. The lowest BCUT2D eigenvalue weighted by Gasteiger charge is -2.52. The van der Waals surface area contributed by atoms with Crippen molar-refractivity contribution in [3.05, 3.63) is 47.2 Å². The number of Topliss-reactive ketones (excluding diaryl/α,β-unsaturated/α-hetero) is 4. The largest absolute Gasteiger partial charge is 0.507 e. The molecule has 0 aliphatic heterocycles. The highest BCUT2D eigenvalue weighted by molar-refractivity contribution is 6.32. The van der Waals surface area contributed by atoms with Gasteiger partial charge < -0.3 is 20.7 Å². The van der Waals surface area contributed by atoms with Gasteiger partial charge in [0.1, 0.15) is 5.75 Å². The zero-order chi connectivity index (χ0) is 28.4. The van der Waals surface area contributed by atoms with Gasteiger partial charge in [0, 0.05) is 30.4 Å². The second-order valence-electron chi connectivity index (χ2n) is 10.7. The highest BCUT2D eigenvalue weighted by Crippen LogP contribution is 2.52. The molecule has 4 N–H and O–H groups in total. The van der Waals surface area contributed by atoms with E-state index in [1.54, 1.807) is 44.6 Å². The van der Waals surface area contributed by atoms with Crippen molar-refractivity contribution >= 4 is 29.0 Å². The van der Waals surface area contributed by atoms with Crippen LogP contribution in [0, 0.1) is 23.7 Å². The first-order chi connectivity index (χ1) is 18.4. The highest BCUT2D eigenvalue weighted by Gasteiger charge is 2.69. The van der Waals surface area contributed by atoms with E-state index >= 15 is 0 Å². The Morgan fingerprint density at radius 2 is 1.92 bits per heavy atom. The number of aliphatic hydroxyl groups is 1. The Balaban J connectivity index is 1.70. The molecule has 0 spiro atoms. The van der Waals surface area contributed by atoms with Crippen LogP contribution in [0.15, 0.2) is 30.5 Å². The molecule has 1 amide bonds. The Morgan fingerprint density at radius 3 is 2.51 bits per heavy atom. The quantitative estimate of drug-likeness (QED) is 0.444. The molecule has 2 fully saturated rings. The number of likely N-dealkylation sites (N-methyl/N-ethyl adjacent to an activating group) is 1. The zero-order valence-electron chi connectivity index (χ0n) is 21.7. The molecule has 1 aromatic carbocycles. The number of aromatic nitrogens is 1. The lowest BCUT2D eigenvalue weighted by molar-refractivity contribution is -0.181. The molecule has 2 unspecified atom stereocenters. The van der Waals surface area contributed by atoms with E-state index in [9.17, 15) is 34.2 Å². The van der Waals surface area contributed by atoms with Gasteiger partial charge in [-0.3, -0.25) is 33.9 Å². The van der Waals surface area contributed by atoms with E-state index in [-0.39, 0.29) is 30.8 Å². The maximum atomic E-state index is 14.0. The second-order valence-corrected chi connectivity index (χ2v) is 10.7. The summed E-state index contributed by atoms with van der Waals surface area (Å²) in [5, 5.41) is 22.8. The molecule has 11 nitrogen and oxygen atoms in total. The molecule has 39 heavy (non-hydrogen) atoms. The number of carbonyl (C=O) groups is 5. The van der Waals surface area contributed by atoms with Crippen molar-refractivity contribution < 1.29 is 38.9 Å². The van der Waals surface area contributed by atoms with Crippen LogP contribution >= 0.6 is 0 Å². The number of primary amides is 1. The number of aromatic hydroxyl groups is 1. The summed E-state index contributed by atoms with van der Waals surface area (Å²) < 4.78 is 5.21. The number of nitrogens with zero attached hydrogens (tertiary/aromatic N) is 2. The van der Waals surface area contributed by atoms with Gasteiger partial charge in [0.05, 0.1) is 29.8 Å². The summed E-state index contributed by atoms with van der Waals surface area (Å²) in [5.74, 6) is -10.8. The monoisotopic (exact) mass is 535 g/mol. The van der Waals surface area contributed by atoms with Crippen molar-refractivity contribution in [3.63, 3.8) is 0 Å². The Morgan fingerprint density at radius 1 is 1.21 bits per heavy atom. The van der Waals surface area contributed by atoms with E-state index in [1.165, 1.54) is 12.0 Å². The normalized spacial score (nSPS) is 30.1. The molecule has 0 bridgehead atoms. The Labute approximate surface area is 224 Å². The van der Waals surface area contributed by atoms with Crippen molar-refractivity contribution in [2.45, 2.75) is 31.1 Å². The van der Waals surface area contributed by atoms with Gasteiger partial charge >= 0.3 is 0 Å². The number of benzene rings is 1. The van der Waals surface area contributed by atoms with Gasteiger partial charge in [-0.2, -0.15) is 0 Å². The molecular weight excluding hydrogens is 506 g/mol. The van der Waals surface area contributed by atoms with Gasteiger partial charge in [-0.05, 0) is 56.6 Å². The fraction of sp³-hybridized carbons (Fsp3) is 0.429. The topological polar surface area (TPSA) is 177 Å². The first-order valence-corrected chi connectivity index (χ1v) is 12.6. The van der Waals surface area contributed by atoms with Crippen molar-refractivity contribution in [1.82, 2.24) is 9.88 Å². The number of methoxy groups -OCH3 is 1. The van der Waals surface area contributed by atoms with Crippen LogP contribution < -0.4 is 5.73 Å². The summed E-state index contributed by atoms with van der Waals surface area (Å²) in [5.41, 5.74) is 4.44. The molecule has 6 atom stereocenters. The van der Waals surface area contributed by atoms with Crippen LogP contribution in [0.25, 0.3) is 11.3 Å². The molecule has 5 rings (SSSR count). The van der Waals surface area contributed by atoms with Gasteiger partial charge in [-0.25, -0.2) is 0 Å². The first-order valence-electron chi connectivity index (χ1n) is 12.6. The van der Waals surface area contributed by atoms with Crippen LogP contribution in [0.5, 0.6) is 5.75 Å². The maximum Gasteiger partial charge on any atom is 0.235 e. The average Bonchev–Trinajstić information content (AvgIpc) is 2.88. The fourth-order valence-corrected chi connectivity index (χ4v) is 6.74. The number of amides is 1. The van der Waals surface area contributed by atoms with Gasteiger partial charge in [-0.1, -0.05) is 6.07 Å². The van der Waals surface area contributed by atoms with E-state index < -0.39 is 64.4 Å². The SMILES string of the molecule is COCc1cc(-c2ccccn2)c2c(c1O)C(=O)C1C(=O)[C@]3(O)C(=O)C(C(N)=O)C(=O)[C@H](N(C)C)[C@@H]3C[C@@H]1C2. The van der Waals surface area contributed by atoms with E-state index in [0.29, 0.717) is 22.4 Å². The lowest BCUT2D eigenvalue weighted by Crippen LogP contribution is -2.74. The van der Waals surface area contributed by atoms with E-state index in [0.717, 1.165) is 0 Å². The standard InChI is InChI=1S/C28H29N3O8/c1-31(2)21-16-10-12-8-15-14(17-6-4-5-7-30-17)9-13(11-39-3)22(32)19(15)23(33)18(12)25(35)28(16,38)26(36)20(24(21)34)27(29)37/h4-7,9,12,16,18,20-21,32,38H,8,10-11H2,1-3H3,(H2,29,37)/t12-,16-,18?,20?,21+,28-/m0/s1. The minimum absolute atomic E-state index is 0.0217. The molecular formula is C28H29N3O8. The average molecular weight is 536 g/mol. The van der Waals surface area contributed by atoms with Crippen LogP contribution in [-0.4, -0.2) is 82.0 Å². The molecule has 3 aliphatic carbocycles. The summed E-state index contributed by atoms with van der Waals surface area (Å²) >= 11 is 0. The number of fused-ring (bicyclic) bond motifs is 3. The number of rotatable bonds is 5. The van der Waals surface area contributed by atoms with Crippen molar-refractivity contribution in [1.29, 1.82) is 0 Å². The molecule has 204 valence electrons. The number of ketones is 4. The van der Waals surface area contributed by atoms with Crippen molar-refractivity contribution in [3.8, 4) is 17.0 Å². The van der Waals surface area contributed by atoms with E-state index in [2.05, 4.69) is 4.98 Å². The number of nitrogens with two attached hydrogens (primary N) is 1.